The van der Waals surface area contributed by atoms with E-state index in [1.165, 1.54) is 28.3 Å². The van der Waals surface area contributed by atoms with E-state index in [0.29, 0.717) is 0 Å². The summed E-state index contributed by atoms with van der Waals surface area (Å²) in [6.45, 7) is 3.32. The first-order chi connectivity index (χ1) is 17.0. The largest absolute Gasteiger partial charge is 0.855 e. The first-order valence-electron chi connectivity index (χ1n) is 11.0. The molecule has 1 aromatic heterocycles. The van der Waals surface area contributed by atoms with Crippen molar-refractivity contribution in [3.8, 4) is 0 Å². The van der Waals surface area contributed by atoms with Gasteiger partial charge in [-0.25, -0.2) is 18.4 Å². The molecular formula is C24H24F5N4O3-. The number of alkyl halides is 3. The van der Waals surface area contributed by atoms with Crippen LogP contribution in [0, 0.1) is 11.6 Å². The fraction of sp³-hybridized carbons (Fsp3) is 0.375. The smallest absolute Gasteiger partial charge is 0.416 e. The van der Waals surface area contributed by atoms with Crippen LogP contribution < -0.4 is 5.11 Å². The number of carbonyl (C=O) groups is 1. The van der Waals surface area contributed by atoms with Crippen LogP contribution in [0.2, 0.25) is 0 Å². The number of morpholine rings is 1. The Morgan fingerprint density at radius 3 is 2.42 bits per heavy atom. The molecule has 0 aliphatic carbocycles. The molecule has 1 fully saturated rings. The van der Waals surface area contributed by atoms with Gasteiger partial charge in [-0.2, -0.15) is 18.3 Å². The molecule has 0 unspecified atom stereocenters. The van der Waals surface area contributed by atoms with E-state index in [2.05, 4.69) is 10.1 Å². The highest BCUT2D eigenvalue weighted by atomic mass is 19.4. The van der Waals surface area contributed by atoms with Crippen molar-refractivity contribution < 1.29 is 36.6 Å². The van der Waals surface area contributed by atoms with Gasteiger partial charge in [0.1, 0.15) is 29.9 Å². The van der Waals surface area contributed by atoms with E-state index in [4.69, 9.17) is 9.84 Å². The van der Waals surface area contributed by atoms with Gasteiger partial charge in [0.25, 0.3) is 5.91 Å². The molecule has 1 saturated heterocycles. The predicted molar refractivity (Wildman–Crippen MR) is 116 cm³/mol. The summed E-state index contributed by atoms with van der Waals surface area (Å²) in [6.07, 6.45) is -1.84. The van der Waals surface area contributed by atoms with Gasteiger partial charge in [0.2, 0.25) is 0 Å². The average Bonchev–Trinajstić information content (AvgIpc) is 3.33. The monoisotopic (exact) mass is 511 g/mol. The zero-order valence-corrected chi connectivity index (χ0v) is 19.5. The van der Waals surface area contributed by atoms with Gasteiger partial charge >= 0.3 is 6.18 Å². The van der Waals surface area contributed by atoms with Crippen LogP contribution in [0.1, 0.15) is 35.3 Å². The third-order valence-electron chi connectivity index (χ3n) is 5.80. The summed E-state index contributed by atoms with van der Waals surface area (Å²) in [5.41, 5.74) is -2.25. The Kier molecular flexibility index (Phi) is 8.41. The van der Waals surface area contributed by atoms with Gasteiger partial charge in [0.05, 0.1) is 24.8 Å². The number of carbonyl (C=O) groups excluding carboxylic acids is 1. The Morgan fingerprint density at radius 1 is 1.19 bits per heavy atom. The Bertz CT molecular complexity index is 1160. The molecular weight excluding hydrogens is 487 g/mol. The van der Waals surface area contributed by atoms with Gasteiger partial charge in [0, 0.05) is 23.7 Å². The zero-order chi connectivity index (χ0) is 26.5. The van der Waals surface area contributed by atoms with Gasteiger partial charge in [-0.05, 0) is 37.3 Å². The van der Waals surface area contributed by atoms with E-state index >= 15 is 0 Å². The van der Waals surface area contributed by atoms with E-state index in [1.54, 1.807) is 13.8 Å². The molecule has 0 N–H and O–H groups in total. The lowest BCUT2D eigenvalue weighted by Crippen LogP contribution is -2.60. The van der Waals surface area contributed by atoms with Crippen LogP contribution in [0.15, 0.2) is 55.1 Å². The van der Waals surface area contributed by atoms with Crippen molar-refractivity contribution in [2.24, 2.45) is 0 Å². The molecule has 4 rings (SSSR count). The molecule has 194 valence electrons. The molecule has 2 aromatic carbocycles. The SMILES string of the molecule is CC[O-].C[C@H]1N(C(=O)c2ccc(C(F)(F)F)cc2)CCO[C@@]1(Cn1cncn1)c1ccc(F)cc1F. The summed E-state index contributed by atoms with van der Waals surface area (Å²) in [5.74, 6) is -2.16. The van der Waals surface area contributed by atoms with E-state index in [-0.39, 0.29) is 37.4 Å². The third kappa shape index (κ3) is 5.71. The molecule has 2 heterocycles. The van der Waals surface area contributed by atoms with Crippen LogP contribution in [0.25, 0.3) is 0 Å². The highest BCUT2D eigenvalue weighted by molar-refractivity contribution is 5.94. The quantitative estimate of drug-likeness (QED) is 0.502. The first kappa shape index (κ1) is 27.2. The van der Waals surface area contributed by atoms with Crippen molar-refractivity contribution in [1.29, 1.82) is 0 Å². The number of nitrogens with zero attached hydrogens (tertiary/aromatic N) is 4. The molecule has 0 radical (unpaired) electrons. The van der Waals surface area contributed by atoms with E-state index in [0.717, 1.165) is 36.4 Å². The summed E-state index contributed by atoms with van der Waals surface area (Å²) >= 11 is 0. The number of hydrogen-bond acceptors (Lipinski definition) is 5. The highest BCUT2D eigenvalue weighted by Gasteiger charge is 2.49. The minimum absolute atomic E-state index is 0. The Balaban J connectivity index is 0.00000115. The second-order valence-electron chi connectivity index (χ2n) is 7.99. The summed E-state index contributed by atoms with van der Waals surface area (Å²) in [5, 5.41) is 13.0. The van der Waals surface area contributed by atoms with Crippen LogP contribution in [0.5, 0.6) is 0 Å². The molecule has 1 aliphatic rings. The van der Waals surface area contributed by atoms with Crippen molar-refractivity contribution >= 4 is 5.91 Å². The van der Waals surface area contributed by atoms with Gasteiger partial charge in [0.15, 0.2) is 0 Å². The molecule has 7 nitrogen and oxygen atoms in total. The molecule has 0 saturated carbocycles. The average molecular weight is 511 g/mol. The summed E-state index contributed by atoms with van der Waals surface area (Å²) in [7, 11) is 0. The number of ether oxygens (including phenoxy) is 1. The first-order valence-corrected chi connectivity index (χ1v) is 11.0. The molecule has 1 amide bonds. The summed E-state index contributed by atoms with van der Waals surface area (Å²) in [4.78, 5) is 18.5. The van der Waals surface area contributed by atoms with E-state index < -0.39 is 40.9 Å². The second-order valence-corrected chi connectivity index (χ2v) is 7.99. The number of benzene rings is 2. The van der Waals surface area contributed by atoms with Gasteiger partial charge in [-0.1, -0.05) is 13.0 Å². The Hall–Kier alpha value is -3.38. The fourth-order valence-corrected chi connectivity index (χ4v) is 4.09. The summed E-state index contributed by atoms with van der Waals surface area (Å²) < 4.78 is 74.6. The lowest BCUT2D eigenvalue weighted by molar-refractivity contribution is -0.361. The molecule has 12 heteroatoms. The molecule has 1 aliphatic heterocycles. The van der Waals surface area contributed by atoms with Crippen LogP contribution in [-0.2, 0) is 23.1 Å². The zero-order valence-electron chi connectivity index (χ0n) is 19.5. The molecule has 36 heavy (non-hydrogen) atoms. The second kappa shape index (κ2) is 11.1. The lowest BCUT2D eigenvalue weighted by atomic mass is 9.83. The molecule has 0 bridgehead atoms. The van der Waals surface area contributed by atoms with Crippen LogP contribution in [0.3, 0.4) is 0 Å². The van der Waals surface area contributed by atoms with Gasteiger partial charge in [-0.15, -0.1) is 6.61 Å². The minimum atomic E-state index is -4.53. The topological polar surface area (TPSA) is 83.3 Å². The van der Waals surface area contributed by atoms with E-state index in [9.17, 15) is 26.7 Å². The van der Waals surface area contributed by atoms with Crippen molar-refractivity contribution in [3.63, 3.8) is 0 Å². The number of rotatable bonds is 4. The van der Waals surface area contributed by atoms with Crippen molar-refractivity contribution in [1.82, 2.24) is 19.7 Å². The maximum Gasteiger partial charge on any atom is 0.416 e. The standard InChI is InChI=1S/C22H19F5N4O2.C2H5O/c1-14-21(11-30-13-28-12-29-30,18-7-6-17(23)10-19(18)24)33-9-8-31(14)20(32)15-2-4-16(5-3-15)22(25,26)27;1-2-3/h2-7,10,12-14H,8-9,11H2,1H3;2H2,1H3/q;-1/t14-,21-;/m1./s1. The number of amides is 1. The van der Waals surface area contributed by atoms with Crippen molar-refractivity contribution in [3.05, 3.63) is 83.4 Å². The van der Waals surface area contributed by atoms with Crippen LogP contribution in [-0.4, -0.2) is 51.4 Å². The van der Waals surface area contributed by atoms with Gasteiger partial charge < -0.3 is 14.7 Å². The minimum Gasteiger partial charge on any atom is -0.855 e. The highest BCUT2D eigenvalue weighted by Crippen LogP contribution is 2.39. The van der Waals surface area contributed by atoms with Crippen molar-refractivity contribution in [2.75, 3.05) is 19.8 Å². The van der Waals surface area contributed by atoms with Gasteiger partial charge in [-0.3, -0.25) is 4.79 Å². The van der Waals surface area contributed by atoms with Crippen LogP contribution >= 0.6 is 0 Å². The normalized spacial score (nSPS) is 20.0. The lowest BCUT2D eigenvalue weighted by Gasteiger charge is -2.48. The Labute approximate surface area is 204 Å². The fourth-order valence-electron chi connectivity index (χ4n) is 4.09. The van der Waals surface area contributed by atoms with Crippen molar-refractivity contribution in [2.45, 2.75) is 38.2 Å². The number of halogens is 5. The molecule has 3 aromatic rings. The predicted octanol–water partition coefficient (Wildman–Crippen LogP) is 3.40. The third-order valence-corrected chi connectivity index (χ3v) is 5.80. The maximum absolute atomic E-state index is 14.9. The number of aromatic nitrogens is 3. The maximum atomic E-state index is 14.9. The van der Waals surface area contributed by atoms with Crippen LogP contribution in [0.4, 0.5) is 22.0 Å². The molecule has 2 atom stereocenters. The summed E-state index contributed by atoms with van der Waals surface area (Å²) in [6, 6.07) is 6.16. The Morgan fingerprint density at radius 2 is 1.86 bits per heavy atom. The number of hydrogen-bond donors (Lipinski definition) is 0. The molecule has 0 spiro atoms. The van der Waals surface area contributed by atoms with E-state index in [1.807, 2.05) is 0 Å².